The molecule has 29 heavy (non-hydrogen) atoms. The Morgan fingerprint density at radius 2 is 1.79 bits per heavy atom. The predicted octanol–water partition coefficient (Wildman–Crippen LogP) is 4.27. The number of anilines is 1. The lowest BCUT2D eigenvalue weighted by molar-refractivity contribution is 0.0966. The van der Waals surface area contributed by atoms with Gasteiger partial charge in [0.2, 0.25) is 5.95 Å². The van der Waals surface area contributed by atoms with E-state index in [2.05, 4.69) is 25.9 Å². The van der Waals surface area contributed by atoms with Crippen molar-refractivity contribution in [3.63, 3.8) is 0 Å². The average Bonchev–Trinajstić information content (AvgIpc) is 3.22. The van der Waals surface area contributed by atoms with Crippen molar-refractivity contribution < 1.29 is 4.79 Å². The summed E-state index contributed by atoms with van der Waals surface area (Å²) in [6.07, 6.45) is 0. The molecule has 3 aromatic heterocycles. The number of hydrogen-bond acceptors (Lipinski definition) is 6. The zero-order valence-electron chi connectivity index (χ0n) is 16.2. The lowest BCUT2D eigenvalue weighted by atomic mass is 10.2. The molecule has 0 saturated carbocycles. The standard InChI is InChI=1S/C20H19ClN6OS/c1-11-8-12(2)23-20(22-11)25-24-18(28)17-9-16-13(3)26-27(19(16)29-17)10-14-4-6-15(21)7-5-14/h4-9H,10H2,1-3H3,(H,24,28)(H,22,23,25). The van der Waals surface area contributed by atoms with Crippen LogP contribution in [-0.2, 0) is 6.54 Å². The van der Waals surface area contributed by atoms with Gasteiger partial charge in [0.05, 0.1) is 17.1 Å². The molecule has 0 fully saturated rings. The number of hydrazine groups is 1. The molecule has 4 rings (SSSR count). The van der Waals surface area contributed by atoms with Gasteiger partial charge in [0.15, 0.2) is 0 Å². The van der Waals surface area contributed by atoms with Crippen molar-refractivity contribution in [1.29, 1.82) is 0 Å². The van der Waals surface area contributed by atoms with E-state index in [1.807, 2.05) is 61.9 Å². The van der Waals surface area contributed by atoms with Gasteiger partial charge >= 0.3 is 0 Å². The summed E-state index contributed by atoms with van der Waals surface area (Å²) in [5, 5.41) is 6.28. The molecule has 9 heteroatoms. The third kappa shape index (κ3) is 4.23. The molecule has 0 aliphatic carbocycles. The Labute approximate surface area is 176 Å². The molecular formula is C20H19ClN6OS. The third-order valence-corrected chi connectivity index (χ3v) is 5.75. The molecular weight excluding hydrogens is 408 g/mol. The lowest BCUT2D eigenvalue weighted by Crippen LogP contribution is -2.29. The number of amides is 1. The highest BCUT2D eigenvalue weighted by Crippen LogP contribution is 2.29. The van der Waals surface area contributed by atoms with E-state index in [4.69, 9.17) is 11.6 Å². The van der Waals surface area contributed by atoms with Gasteiger partial charge in [-0.25, -0.2) is 9.97 Å². The van der Waals surface area contributed by atoms with Crippen LogP contribution in [0.1, 0.15) is 32.3 Å². The minimum atomic E-state index is -0.244. The molecule has 0 radical (unpaired) electrons. The van der Waals surface area contributed by atoms with Crippen molar-refractivity contribution in [2.24, 2.45) is 0 Å². The van der Waals surface area contributed by atoms with Gasteiger partial charge in [-0.15, -0.1) is 11.3 Å². The van der Waals surface area contributed by atoms with E-state index in [0.29, 0.717) is 22.4 Å². The summed E-state index contributed by atoms with van der Waals surface area (Å²) < 4.78 is 1.91. The molecule has 1 aromatic carbocycles. The first-order valence-electron chi connectivity index (χ1n) is 8.99. The van der Waals surface area contributed by atoms with E-state index in [1.54, 1.807) is 0 Å². The molecule has 0 aliphatic rings. The van der Waals surface area contributed by atoms with E-state index >= 15 is 0 Å². The normalized spacial score (nSPS) is 11.0. The van der Waals surface area contributed by atoms with Crippen LogP contribution in [0.4, 0.5) is 5.95 Å². The number of aromatic nitrogens is 4. The second-order valence-electron chi connectivity index (χ2n) is 6.75. The minimum Gasteiger partial charge on any atom is -0.266 e. The first-order chi connectivity index (χ1) is 13.9. The van der Waals surface area contributed by atoms with Gasteiger partial charge < -0.3 is 0 Å². The SMILES string of the molecule is Cc1cc(C)nc(NNC(=O)c2cc3c(C)nn(Cc4ccc(Cl)cc4)c3s2)n1. The van der Waals surface area contributed by atoms with Gasteiger partial charge in [-0.05, 0) is 50.6 Å². The van der Waals surface area contributed by atoms with Gasteiger partial charge in [-0.2, -0.15) is 5.10 Å². The third-order valence-electron chi connectivity index (χ3n) is 4.35. The number of carbonyl (C=O) groups is 1. The smallest absolute Gasteiger partial charge is 0.266 e. The van der Waals surface area contributed by atoms with Crippen LogP contribution in [0.3, 0.4) is 0 Å². The number of carbonyl (C=O) groups excluding carboxylic acids is 1. The molecule has 3 heterocycles. The van der Waals surface area contributed by atoms with Crippen LogP contribution in [0.15, 0.2) is 36.4 Å². The predicted molar refractivity (Wildman–Crippen MR) is 115 cm³/mol. The second-order valence-corrected chi connectivity index (χ2v) is 8.22. The summed E-state index contributed by atoms with van der Waals surface area (Å²) in [5.74, 6) is 0.119. The summed E-state index contributed by atoms with van der Waals surface area (Å²) in [7, 11) is 0. The number of nitrogens with zero attached hydrogens (tertiary/aromatic N) is 4. The highest BCUT2D eigenvalue weighted by molar-refractivity contribution is 7.20. The lowest BCUT2D eigenvalue weighted by Gasteiger charge is -2.07. The van der Waals surface area contributed by atoms with Crippen molar-refractivity contribution in [2.75, 3.05) is 5.43 Å². The molecule has 0 atom stereocenters. The number of benzene rings is 1. The molecule has 0 unspecified atom stereocenters. The second kappa shape index (κ2) is 7.81. The Morgan fingerprint density at radius 3 is 2.48 bits per heavy atom. The molecule has 0 spiro atoms. The fraction of sp³-hybridized carbons (Fsp3) is 0.200. The van der Waals surface area contributed by atoms with Crippen LogP contribution in [0, 0.1) is 20.8 Å². The number of fused-ring (bicyclic) bond motifs is 1. The van der Waals surface area contributed by atoms with E-state index < -0.39 is 0 Å². The van der Waals surface area contributed by atoms with Gasteiger partial charge in [0, 0.05) is 21.8 Å². The van der Waals surface area contributed by atoms with Gasteiger partial charge in [-0.1, -0.05) is 23.7 Å². The first kappa shape index (κ1) is 19.4. The van der Waals surface area contributed by atoms with Crippen molar-refractivity contribution >= 4 is 45.0 Å². The van der Waals surface area contributed by atoms with Crippen molar-refractivity contribution in [2.45, 2.75) is 27.3 Å². The number of nitrogens with one attached hydrogen (secondary N) is 2. The summed E-state index contributed by atoms with van der Waals surface area (Å²) in [4.78, 5) is 22.7. The van der Waals surface area contributed by atoms with Crippen LogP contribution in [0.25, 0.3) is 10.2 Å². The maximum absolute atomic E-state index is 12.6. The highest BCUT2D eigenvalue weighted by Gasteiger charge is 2.17. The molecule has 148 valence electrons. The van der Waals surface area contributed by atoms with Crippen molar-refractivity contribution in [1.82, 2.24) is 25.2 Å². The van der Waals surface area contributed by atoms with Crippen molar-refractivity contribution in [3.05, 3.63) is 68.9 Å². The number of rotatable bonds is 5. The topological polar surface area (TPSA) is 84.7 Å². The first-order valence-corrected chi connectivity index (χ1v) is 10.2. The van der Waals surface area contributed by atoms with E-state index in [9.17, 15) is 4.79 Å². The zero-order valence-corrected chi connectivity index (χ0v) is 17.7. The van der Waals surface area contributed by atoms with Crippen LogP contribution in [0.2, 0.25) is 5.02 Å². The maximum Gasteiger partial charge on any atom is 0.279 e. The van der Waals surface area contributed by atoms with Gasteiger partial charge in [0.1, 0.15) is 4.83 Å². The van der Waals surface area contributed by atoms with Gasteiger partial charge in [0.25, 0.3) is 5.91 Å². The fourth-order valence-corrected chi connectivity index (χ4v) is 4.23. The molecule has 0 bridgehead atoms. The Balaban J connectivity index is 1.53. The summed E-state index contributed by atoms with van der Waals surface area (Å²) in [6, 6.07) is 11.4. The quantitative estimate of drug-likeness (QED) is 0.465. The highest BCUT2D eigenvalue weighted by atomic mass is 35.5. The van der Waals surface area contributed by atoms with E-state index in [0.717, 1.165) is 32.9 Å². The van der Waals surface area contributed by atoms with Crippen LogP contribution < -0.4 is 10.9 Å². The fourth-order valence-electron chi connectivity index (χ4n) is 3.05. The Bertz CT molecular complexity index is 1180. The number of thiophene rings is 1. The number of aryl methyl sites for hydroxylation is 3. The van der Waals surface area contributed by atoms with Crippen molar-refractivity contribution in [3.8, 4) is 0 Å². The number of hydrogen-bond donors (Lipinski definition) is 2. The van der Waals surface area contributed by atoms with E-state index in [1.165, 1.54) is 11.3 Å². The Morgan fingerprint density at radius 1 is 1.10 bits per heavy atom. The largest absolute Gasteiger partial charge is 0.279 e. The summed E-state index contributed by atoms with van der Waals surface area (Å²) in [5.41, 5.74) is 9.08. The van der Waals surface area contributed by atoms with Crippen LogP contribution >= 0.6 is 22.9 Å². The summed E-state index contributed by atoms with van der Waals surface area (Å²) >= 11 is 7.36. The monoisotopic (exact) mass is 426 g/mol. The molecule has 0 aliphatic heterocycles. The Hall–Kier alpha value is -2.97. The van der Waals surface area contributed by atoms with Crippen LogP contribution in [-0.4, -0.2) is 25.7 Å². The van der Waals surface area contributed by atoms with E-state index in [-0.39, 0.29) is 5.91 Å². The molecule has 0 saturated heterocycles. The minimum absolute atomic E-state index is 0.244. The summed E-state index contributed by atoms with van der Waals surface area (Å²) in [6.45, 7) is 6.31. The van der Waals surface area contributed by atoms with Crippen LogP contribution in [0.5, 0.6) is 0 Å². The molecule has 7 nitrogen and oxygen atoms in total. The molecule has 1 amide bonds. The Kier molecular flexibility index (Phi) is 5.21. The molecule has 4 aromatic rings. The van der Waals surface area contributed by atoms with Gasteiger partial charge in [-0.3, -0.25) is 20.3 Å². The maximum atomic E-state index is 12.6. The average molecular weight is 427 g/mol. The molecule has 2 N–H and O–H groups in total. The zero-order chi connectivity index (χ0) is 20.5. The number of halogens is 1.